The second kappa shape index (κ2) is 8.89. The van der Waals surface area contributed by atoms with Crippen LogP contribution in [0.3, 0.4) is 0 Å². The van der Waals surface area contributed by atoms with Crippen LogP contribution in [0, 0.1) is 0 Å². The Hall–Kier alpha value is -4.45. The maximum absolute atomic E-state index is 10.7. The molecule has 184 valence electrons. The molecule has 6 heteroatoms. The van der Waals surface area contributed by atoms with Crippen molar-refractivity contribution in [3.05, 3.63) is 90.4 Å². The molecule has 37 heavy (non-hydrogen) atoms. The van der Waals surface area contributed by atoms with Crippen molar-refractivity contribution in [3.63, 3.8) is 0 Å². The Morgan fingerprint density at radius 3 is 2.46 bits per heavy atom. The van der Waals surface area contributed by atoms with Crippen LogP contribution in [-0.4, -0.2) is 24.6 Å². The lowest BCUT2D eigenvalue weighted by Gasteiger charge is -2.14. The van der Waals surface area contributed by atoms with E-state index in [1.54, 1.807) is 18.6 Å². The Bertz CT molecular complexity index is 1770. The zero-order chi connectivity index (χ0) is 25.7. The maximum Gasteiger partial charge on any atom is 0.219 e. The first-order valence-electron chi connectivity index (χ1n) is 12.6. The summed E-state index contributed by atoms with van der Waals surface area (Å²) in [5.41, 5.74) is 4.87. The quantitative estimate of drug-likeness (QED) is 0.267. The lowest BCUT2D eigenvalue weighted by atomic mass is 9.97. The molecular weight excluding hydrogens is 460 g/mol. The van der Waals surface area contributed by atoms with E-state index in [-0.39, 0.29) is 11.7 Å². The molecule has 0 aliphatic carbocycles. The highest BCUT2D eigenvalue weighted by Gasteiger charge is 2.19. The van der Waals surface area contributed by atoms with Gasteiger partial charge in [-0.3, -0.25) is 4.57 Å². The van der Waals surface area contributed by atoms with Gasteiger partial charge >= 0.3 is 0 Å². The minimum absolute atomic E-state index is 0.161. The van der Waals surface area contributed by atoms with Crippen molar-refractivity contribution in [1.29, 1.82) is 0 Å². The normalized spacial score (nSPS) is 11.8. The van der Waals surface area contributed by atoms with Gasteiger partial charge < -0.3 is 9.84 Å². The van der Waals surface area contributed by atoms with Crippen LogP contribution in [0.2, 0.25) is 0 Å². The molecule has 3 heterocycles. The first-order chi connectivity index (χ1) is 17.9. The summed E-state index contributed by atoms with van der Waals surface area (Å²) in [4.78, 5) is 13.3. The largest absolute Gasteiger partial charge is 0.506 e. The van der Waals surface area contributed by atoms with Gasteiger partial charge in [0.15, 0.2) is 0 Å². The number of hydrogen-bond acceptors (Lipinski definition) is 5. The van der Waals surface area contributed by atoms with Crippen LogP contribution in [0.1, 0.15) is 50.7 Å². The van der Waals surface area contributed by atoms with E-state index < -0.39 is 0 Å². The molecule has 0 aliphatic heterocycles. The third-order valence-electron chi connectivity index (χ3n) is 6.85. The lowest BCUT2D eigenvalue weighted by Crippen LogP contribution is -1.99. The van der Waals surface area contributed by atoms with Gasteiger partial charge in [0.05, 0.1) is 11.0 Å². The number of ether oxygens (including phenoxy) is 1. The molecule has 0 unspecified atom stereocenters. The van der Waals surface area contributed by atoms with Crippen molar-refractivity contribution in [2.24, 2.45) is 0 Å². The fourth-order valence-corrected chi connectivity index (χ4v) is 5.01. The smallest absolute Gasteiger partial charge is 0.219 e. The van der Waals surface area contributed by atoms with Crippen LogP contribution >= 0.6 is 0 Å². The SMILES string of the molecule is CC(C)c1cc(O)c2nc(Oc3cc(C(C)C)c4c5ccccc5n(-c5ccncn5)c4c3)ccc2c1. The van der Waals surface area contributed by atoms with E-state index in [9.17, 15) is 5.11 Å². The van der Waals surface area contributed by atoms with Gasteiger partial charge in [0.1, 0.15) is 29.2 Å². The van der Waals surface area contributed by atoms with Gasteiger partial charge in [-0.15, -0.1) is 0 Å². The number of benzene rings is 3. The molecule has 0 saturated heterocycles. The first-order valence-corrected chi connectivity index (χ1v) is 12.6. The average molecular weight is 489 g/mol. The van der Waals surface area contributed by atoms with Crippen LogP contribution in [0.25, 0.3) is 38.5 Å². The summed E-state index contributed by atoms with van der Waals surface area (Å²) in [5.74, 6) is 2.64. The molecule has 0 radical (unpaired) electrons. The maximum atomic E-state index is 10.7. The van der Waals surface area contributed by atoms with Crippen molar-refractivity contribution in [1.82, 2.24) is 19.5 Å². The van der Waals surface area contributed by atoms with Gasteiger partial charge in [-0.25, -0.2) is 15.0 Å². The molecule has 0 amide bonds. The Labute approximate surface area is 215 Å². The van der Waals surface area contributed by atoms with Crippen molar-refractivity contribution in [2.45, 2.75) is 39.5 Å². The Balaban J connectivity index is 1.54. The second-order valence-corrected chi connectivity index (χ2v) is 10.00. The molecular formula is C31H28N4O2. The molecule has 0 atom stereocenters. The summed E-state index contributed by atoms with van der Waals surface area (Å²) >= 11 is 0. The lowest BCUT2D eigenvalue weighted by molar-refractivity contribution is 0.459. The topological polar surface area (TPSA) is 73.1 Å². The Morgan fingerprint density at radius 1 is 0.865 bits per heavy atom. The number of phenolic OH excluding ortho intramolecular Hbond substituents is 1. The number of para-hydroxylation sites is 1. The number of aromatic hydroxyl groups is 1. The monoisotopic (exact) mass is 488 g/mol. The second-order valence-electron chi connectivity index (χ2n) is 10.00. The average Bonchev–Trinajstić information content (AvgIpc) is 3.23. The number of rotatable bonds is 5. The molecule has 1 N–H and O–H groups in total. The molecule has 0 spiro atoms. The molecule has 6 aromatic rings. The molecule has 3 aromatic carbocycles. The molecule has 0 saturated carbocycles. The summed E-state index contributed by atoms with van der Waals surface area (Å²) in [5, 5.41) is 13.9. The van der Waals surface area contributed by atoms with E-state index in [4.69, 9.17) is 4.74 Å². The van der Waals surface area contributed by atoms with Gasteiger partial charge in [-0.2, -0.15) is 0 Å². The van der Waals surface area contributed by atoms with Crippen LogP contribution in [-0.2, 0) is 0 Å². The highest BCUT2D eigenvalue weighted by atomic mass is 16.5. The van der Waals surface area contributed by atoms with Crippen molar-refractivity contribution in [3.8, 4) is 23.2 Å². The number of fused-ring (bicyclic) bond motifs is 4. The Morgan fingerprint density at radius 2 is 1.70 bits per heavy atom. The van der Waals surface area contributed by atoms with E-state index in [0.29, 0.717) is 23.1 Å². The van der Waals surface area contributed by atoms with E-state index in [0.717, 1.165) is 27.8 Å². The number of pyridine rings is 1. The van der Waals surface area contributed by atoms with Crippen molar-refractivity contribution in [2.75, 3.05) is 0 Å². The fourth-order valence-electron chi connectivity index (χ4n) is 5.01. The number of phenols is 1. The molecule has 0 aliphatic rings. The molecule has 3 aromatic heterocycles. The third kappa shape index (κ3) is 3.95. The zero-order valence-electron chi connectivity index (χ0n) is 21.3. The van der Waals surface area contributed by atoms with E-state index >= 15 is 0 Å². The summed E-state index contributed by atoms with van der Waals surface area (Å²) in [7, 11) is 0. The number of aromatic nitrogens is 4. The summed E-state index contributed by atoms with van der Waals surface area (Å²) in [6, 6.07) is 22.1. The van der Waals surface area contributed by atoms with Crippen molar-refractivity contribution >= 4 is 32.7 Å². The predicted octanol–water partition coefficient (Wildman–Crippen LogP) is 7.87. The van der Waals surface area contributed by atoms with Crippen LogP contribution in [0.15, 0.2) is 79.3 Å². The predicted molar refractivity (Wildman–Crippen MR) is 148 cm³/mol. The Kier molecular flexibility index (Phi) is 5.52. The van der Waals surface area contributed by atoms with E-state index in [1.807, 2.05) is 30.3 Å². The van der Waals surface area contributed by atoms with E-state index in [2.05, 4.69) is 77.5 Å². The molecule has 6 nitrogen and oxygen atoms in total. The summed E-state index contributed by atoms with van der Waals surface area (Å²) in [6.45, 7) is 8.59. The van der Waals surface area contributed by atoms with Crippen LogP contribution in [0.4, 0.5) is 0 Å². The van der Waals surface area contributed by atoms with Gasteiger partial charge in [0.2, 0.25) is 5.88 Å². The first kappa shape index (κ1) is 23.0. The van der Waals surface area contributed by atoms with Crippen LogP contribution < -0.4 is 4.74 Å². The third-order valence-corrected chi connectivity index (χ3v) is 6.85. The van der Waals surface area contributed by atoms with E-state index in [1.165, 1.54) is 16.3 Å². The highest BCUT2D eigenvalue weighted by Crippen LogP contribution is 2.40. The standard InChI is InChI=1S/C31H28N4O2/c1-18(2)21-13-20-9-10-29(34-31(20)27(36)14-21)37-22-15-24(19(3)4)30-23-7-5-6-8-25(23)35(26(30)16-22)28-11-12-32-17-33-28/h5-19,36H,1-4H3. The van der Waals surface area contributed by atoms with Gasteiger partial charge in [-0.1, -0.05) is 45.9 Å². The molecule has 0 bridgehead atoms. The number of hydrogen-bond donors (Lipinski definition) is 1. The summed E-state index contributed by atoms with van der Waals surface area (Å²) in [6.07, 6.45) is 3.32. The molecule has 6 rings (SSSR count). The summed E-state index contributed by atoms with van der Waals surface area (Å²) < 4.78 is 8.49. The van der Waals surface area contributed by atoms with Crippen LogP contribution in [0.5, 0.6) is 17.4 Å². The number of nitrogens with zero attached hydrogens (tertiary/aromatic N) is 4. The van der Waals surface area contributed by atoms with Gasteiger partial charge in [-0.05, 0) is 59.4 Å². The van der Waals surface area contributed by atoms with Gasteiger partial charge in [0.25, 0.3) is 0 Å². The van der Waals surface area contributed by atoms with Gasteiger partial charge in [0, 0.05) is 34.5 Å². The highest BCUT2D eigenvalue weighted by molar-refractivity contribution is 6.11. The molecule has 0 fully saturated rings. The fraction of sp³-hybridized carbons (Fsp3) is 0.194. The zero-order valence-corrected chi connectivity index (χ0v) is 21.3. The van der Waals surface area contributed by atoms with Crippen molar-refractivity contribution < 1.29 is 9.84 Å². The minimum Gasteiger partial charge on any atom is -0.506 e. The minimum atomic E-state index is 0.161.